The van der Waals surface area contributed by atoms with Crippen molar-refractivity contribution < 1.29 is 9.18 Å². The van der Waals surface area contributed by atoms with E-state index in [9.17, 15) is 9.18 Å². The molecular weight excluding hydrogens is 399 g/mol. The highest BCUT2D eigenvalue weighted by Gasteiger charge is 2.35. The van der Waals surface area contributed by atoms with E-state index < -0.39 is 6.04 Å². The molecule has 0 saturated carbocycles. The summed E-state index contributed by atoms with van der Waals surface area (Å²) >= 11 is 0. The molecule has 3 aromatic heterocycles. The van der Waals surface area contributed by atoms with Gasteiger partial charge in [0.2, 0.25) is 11.9 Å². The summed E-state index contributed by atoms with van der Waals surface area (Å²) in [5, 5.41) is 7.36. The lowest BCUT2D eigenvalue weighted by atomic mass is 10.1. The number of hydrogen-bond donors (Lipinski definition) is 1. The van der Waals surface area contributed by atoms with Crippen LogP contribution >= 0.6 is 0 Å². The van der Waals surface area contributed by atoms with Gasteiger partial charge in [0.25, 0.3) is 0 Å². The normalized spacial score (nSPS) is 15.6. The summed E-state index contributed by atoms with van der Waals surface area (Å²) in [7, 11) is 1.82. The first-order valence-corrected chi connectivity index (χ1v) is 9.81. The van der Waals surface area contributed by atoms with Gasteiger partial charge in [0.1, 0.15) is 23.4 Å². The highest BCUT2D eigenvalue weighted by molar-refractivity contribution is 6.04. The van der Waals surface area contributed by atoms with Crippen molar-refractivity contribution in [3.8, 4) is 17.3 Å². The van der Waals surface area contributed by atoms with Crippen LogP contribution in [0.5, 0.6) is 0 Å². The summed E-state index contributed by atoms with van der Waals surface area (Å²) < 4.78 is 16.8. The minimum atomic E-state index is -0.454. The number of hydrogen-bond acceptors (Lipinski definition) is 6. The van der Waals surface area contributed by atoms with Crippen molar-refractivity contribution in [2.24, 2.45) is 7.05 Å². The molecule has 31 heavy (non-hydrogen) atoms. The van der Waals surface area contributed by atoms with Crippen LogP contribution in [-0.4, -0.2) is 41.2 Å². The molecule has 5 rings (SSSR count). The fourth-order valence-corrected chi connectivity index (χ4v) is 3.68. The second-order valence-corrected chi connectivity index (χ2v) is 7.17. The van der Waals surface area contributed by atoms with Gasteiger partial charge in [0.05, 0.1) is 6.20 Å². The van der Waals surface area contributed by atoms with Crippen LogP contribution in [0, 0.1) is 5.82 Å². The molecule has 4 heterocycles. The molecule has 10 heteroatoms. The molecule has 1 aromatic carbocycles. The number of imidazole rings is 1. The van der Waals surface area contributed by atoms with Crippen molar-refractivity contribution in [1.82, 2.24) is 29.3 Å². The molecule has 0 aliphatic carbocycles. The molecule has 9 nitrogen and oxygen atoms in total. The fourth-order valence-electron chi connectivity index (χ4n) is 3.68. The standard InChI is InChI=1S/C21H19FN8O/c1-3-16-20(31)25-15-12-24-21(26-19(15)30(16)17-8-10-28(2)27-17)29-11-9-23-18(29)13-4-6-14(22)7-5-13/h4-12,16H,3H2,1-2H3,(H,25,31). The Bertz CT molecular complexity index is 1260. The van der Waals surface area contributed by atoms with E-state index in [-0.39, 0.29) is 11.7 Å². The fraction of sp³-hybridized carbons (Fsp3) is 0.190. The first-order valence-electron chi connectivity index (χ1n) is 9.81. The summed E-state index contributed by atoms with van der Waals surface area (Å²) in [6.07, 6.45) is 7.34. The lowest BCUT2D eigenvalue weighted by Crippen LogP contribution is -2.46. The van der Waals surface area contributed by atoms with Crippen LogP contribution in [0.2, 0.25) is 0 Å². The SMILES string of the molecule is CCC1C(=O)Nc2cnc(-n3ccnc3-c3ccc(F)cc3)nc2N1c1ccn(C)n1. The van der Waals surface area contributed by atoms with E-state index in [2.05, 4.69) is 20.4 Å². The maximum absolute atomic E-state index is 13.3. The number of nitrogens with zero attached hydrogens (tertiary/aromatic N) is 7. The summed E-state index contributed by atoms with van der Waals surface area (Å²) in [4.78, 5) is 28.1. The van der Waals surface area contributed by atoms with Crippen molar-refractivity contribution in [1.29, 1.82) is 0 Å². The molecule has 156 valence electrons. The Morgan fingerprint density at radius 2 is 1.94 bits per heavy atom. The molecule has 0 fully saturated rings. The molecule has 0 radical (unpaired) electrons. The Morgan fingerprint density at radius 3 is 2.65 bits per heavy atom. The van der Waals surface area contributed by atoms with Gasteiger partial charge < -0.3 is 5.32 Å². The van der Waals surface area contributed by atoms with Gasteiger partial charge in [-0.3, -0.25) is 18.9 Å². The van der Waals surface area contributed by atoms with Gasteiger partial charge in [0.15, 0.2) is 11.6 Å². The average Bonchev–Trinajstić information content (AvgIpc) is 3.42. The quantitative estimate of drug-likeness (QED) is 0.547. The van der Waals surface area contributed by atoms with Crippen LogP contribution in [0.3, 0.4) is 0 Å². The highest BCUT2D eigenvalue weighted by atomic mass is 19.1. The van der Waals surface area contributed by atoms with E-state index in [0.29, 0.717) is 35.5 Å². The van der Waals surface area contributed by atoms with Crippen molar-refractivity contribution in [2.75, 3.05) is 10.2 Å². The third-order valence-corrected chi connectivity index (χ3v) is 5.15. The molecule has 0 spiro atoms. The summed E-state index contributed by atoms with van der Waals surface area (Å²) in [6, 6.07) is 7.46. The predicted octanol–water partition coefficient (Wildman–Crippen LogP) is 3.07. The van der Waals surface area contributed by atoms with Gasteiger partial charge in [-0.1, -0.05) is 6.92 Å². The van der Waals surface area contributed by atoms with Crippen LogP contribution < -0.4 is 10.2 Å². The van der Waals surface area contributed by atoms with Crippen LogP contribution in [0.25, 0.3) is 17.3 Å². The Balaban J connectivity index is 1.63. The van der Waals surface area contributed by atoms with E-state index in [0.717, 1.165) is 5.56 Å². The molecule has 1 aliphatic heterocycles. The zero-order chi connectivity index (χ0) is 21.5. The minimum Gasteiger partial charge on any atom is -0.320 e. The zero-order valence-electron chi connectivity index (χ0n) is 16.9. The van der Waals surface area contributed by atoms with Crippen LogP contribution in [0.15, 0.2) is 55.1 Å². The third kappa shape index (κ3) is 3.21. The summed E-state index contributed by atoms with van der Waals surface area (Å²) in [6.45, 7) is 1.94. The van der Waals surface area contributed by atoms with Gasteiger partial charge in [-0.05, 0) is 30.7 Å². The molecule has 0 bridgehead atoms. The Morgan fingerprint density at radius 1 is 1.13 bits per heavy atom. The number of carbonyl (C=O) groups excluding carboxylic acids is 1. The molecule has 1 atom stereocenters. The van der Waals surface area contributed by atoms with E-state index in [1.54, 1.807) is 40.0 Å². The Kier molecular flexibility index (Phi) is 4.46. The van der Waals surface area contributed by atoms with Gasteiger partial charge in [0, 0.05) is 37.3 Å². The number of fused-ring (bicyclic) bond motifs is 1. The van der Waals surface area contributed by atoms with Crippen molar-refractivity contribution in [3.63, 3.8) is 0 Å². The van der Waals surface area contributed by atoms with Gasteiger partial charge in [-0.15, -0.1) is 0 Å². The van der Waals surface area contributed by atoms with Crippen LogP contribution in [0.4, 0.5) is 21.7 Å². The zero-order valence-corrected chi connectivity index (χ0v) is 16.9. The van der Waals surface area contributed by atoms with E-state index in [4.69, 9.17) is 4.98 Å². The first-order chi connectivity index (χ1) is 15.0. The minimum absolute atomic E-state index is 0.133. The van der Waals surface area contributed by atoms with E-state index in [1.807, 2.05) is 31.1 Å². The lowest BCUT2D eigenvalue weighted by molar-refractivity contribution is -0.117. The topological polar surface area (TPSA) is 93.8 Å². The number of rotatable bonds is 4. The molecule has 1 aliphatic rings. The molecule has 1 unspecified atom stereocenters. The summed E-state index contributed by atoms with van der Waals surface area (Å²) in [5.41, 5.74) is 1.24. The number of nitrogens with one attached hydrogen (secondary N) is 1. The molecule has 0 saturated heterocycles. The third-order valence-electron chi connectivity index (χ3n) is 5.15. The Labute approximate surface area is 177 Å². The molecule has 1 N–H and O–H groups in total. The van der Waals surface area contributed by atoms with E-state index >= 15 is 0 Å². The van der Waals surface area contributed by atoms with Crippen molar-refractivity contribution in [2.45, 2.75) is 19.4 Å². The highest BCUT2D eigenvalue weighted by Crippen LogP contribution is 2.36. The number of benzene rings is 1. The first kappa shape index (κ1) is 18.9. The number of amides is 1. The van der Waals surface area contributed by atoms with Gasteiger partial charge in [-0.2, -0.15) is 10.1 Å². The van der Waals surface area contributed by atoms with Crippen LogP contribution in [-0.2, 0) is 11.8 Å². The lowest BCUT2D eigenvalue weighted by Gasteiger charge is -2.34. The van der Waals surface area contributed by atoms with Gasteiger partial charge in [-0.25, -0.2) is 14.4 Å². The smallest absolute Gasteiger partial charge is 0.247 e. The number of carbonyl (C=O) groups is 1. The number of aromatic nitrogens is 6. The predicted molar refractivity (Wildman–Crippen MR) is 113 cm³/mol. The van der Waals surface area contributed by atoms with Gasteiger partial charge >= 0.3 is 0 Å². The van der Waals surface area contributed by atoms with Crippen LogP contribution in [0.1, 0.15) is 13.3 Å². The van der Waals surface area contributed by atoms with Crippen molar-refractivity contribution in [3.05, 3.63) is 60.9 Å². The Hall–Kier alpha value is -4.08. The average molecular weight is 418 g/mol. The molecule has 1 amide bonds. The van der Waals surface area contributed by atoms with Crippen molar-refractivity contribution >= 4 is 23.2 Å². The van der Waals surface area contributed by atoms with E-state index in [1.165, 1.54) is 12.1 Å². The monoisotopic (exact) mass is 418 g/mol. The molecular formula is C21H19FN8O. The summed E-state index contributed by atoms with van der Waals surface area (Å²) in [5.74, 6) is 1.68. The maximum Gasteiger partial charge on any atom is 0.247 e. The second kappa shape index (κ2) is 7.31. The maximum atomic E-state index is 13.3. The molecule has 4 aromatic rings. The largest absolute Gasteiger partial charge is 0.320 e. The number of anilines is 3. The number of aryl methyl sites for hydroxylation is 1. The second-order valence-electron chi connectivity index (χ2n) is 7.17. The number of halogens is 1.